The Hall–Kier alpha value is -4.07. The van der Waals surface area contributed by atoms with Crippen LogP contribution in [-0.2, 0) is 4.79 Å². The van der Waals surface area contributed by atoms with Crippen LogP contribution in [0.2, 0.25) is 0 Å². The lowest BCUT2D eigenvalue weighted by Gasteiger charge is -1.94. The number of nitrogens with one attached hydrogen (secondary N) is 2. The van der Waals surface area contributed by atoms with Gasteiger partial charge in [-0.15, -0.1) is 10.2 Å². The molecule has 5 rings (SSSR count). The molecule has 0 saturated heterocycles. The number of imidazole rings is 1. The number of hydrogen-bond acceptors (Lipinski definition) is 5. The maximum absolute atomic E-state index is 12.6. The highest BCUT2D eigenvalue weighted by molar-refractivity contribution is 6.31. The van der Waals surface area contributed by atoms with Crippen LogP contribution in [0.3, 0.4) is 0 Å². The van der Waals surface area contributed by atoms with Crippen molar-refractivity contribution in [2.75, 3.05) is 5.32 Å². The number of nitrogens with zero attached hydrogens (tertiary/aromatic N) is 4. The summed E-state index contributed by atoms with van der Waals surface area (Å²) in [5.74, 6) is 0.0524. The minimum Gasteiger partial charge on any atom is -0.321 e. The molecule has 0 unspecified atom stereocenters. The molecule has 0 saturated carbocycles. The highest BCUT2D eigenvalue weighted by Crippen LogP contribution is 2.29. The molecule has 0 fully saturated rings. The van der Waals surface area contributed by atoms with Gasteiger partial charge >= 0.3 is 0 Å². The Morgan fingerprint density at radius 3 is 2.54 bits per heavy atom. The van der Waals surface area contributed by atoms with Gasteiger partial charge in [0.05, 0.1) is 22.2 Å². The average molecular weight is 370 g/mol. The van der Waals surface area contributed by atoms with Crippen LogP contribution in [-0.4, -0.2) is 20.5 Å². The molecule has 1 aliphatic heterocycles. The first-order valence-electron chi connectivity index (χ1n) is 8.66. The number of anilines is 1. The molecular formula is C20H14N6O2. The fraction of sp³-hybridized carbons (Fsp3) is 0.0500. The molecule has 1 amide bonds. The van der Waals surface area contributed by atoms with Gasteiger partial charge in [0.25, 0.3) is 11.5 Å². The summed E-state index contributed by atoms with van der Waals surface area (Å²) in [7, 11) is 0. The fourth-order valence-electron chi connectivity index (χ4n) is 3.34. The van der Waals surface area contributed by atoms with Gasteiger partial charge in [0.2, 0.25) is 0 Å². The first kappa shape index (κ1) is 16.1. The smallest absolute Gasteiger partial charge is 0.274 e. The summed E-state index contributed by atoms with van der Waals surface area (Å²) in [4.78, 5) is 29.6. The van der Waals surface area contributed by atoms with Crippen LogP contribution in [0, 0.1) is 6.92 Å². The molecule has 28 heavy (non-hydrogen) atoms. The van der Waals surface area contributed by atoms with E-state index in [0.29, 0.717) is 39.7 Å². The second-order valence-corrected chi connectivity index (χ2v) is 6.41. The van der Waals surface area contributed by atoms with Gasteiger partial charge in [-0.1, -0.05) is 36.4 Å². The normalized spacial score (nSPS) is 15.4. The largest absolute Gasteiger partial charge is 0.321 e. The number of rotatable bonds is 2. The van der Waals surface area contributed by atoms with E-state index in [4.69, 9.17) is 0 Å². The van der Waals surface area contributed by atoms with E-state index < -0.39 is 0 Å². The number of carbonyl (C=O) groups excluding carboxylic acids is 1. The number of H-pyrrole nitrogens is 1. The van der Waals surface area contributed by atoms with E-state index in [0.717, 1.165) is 0 Å². The van der Waals surface area contributed by atoms with E-state index in [1.54, 1.807) is 19.1 Å². The lowest BCUT2D eigenvalue weighted by molar-refractivity contribution is -0.110. The van der Waals surface area contributed by atoms with Crippen LogP contribution < -0.4 is 16.1 Å². The zero-order valence-electron chi connectivity index (χ0n) is 14.8. The topological polar surface area (TPSA) is 104 Å². The highest BCUT2D eigenvalue weighted by Gasteiger charge is 2.27. The third kappa shape index (κ3) is 2.35. The summed E-state index contributed by atoms with van der Waals surface area (Å²) in [5, 5.41) is 14.1. The van der Waals surface area contributed by atoms with Crippen LogP contribution in [0.1, 0.15) is 11.3 Å². The lowest BCUT2D eigenvalue weighted by Crippen LogP contribution is -2.27. The van der Waals surface area contributed by atoms with Gasteiger partial charge in [0.1, 0.15) is 0 Å². The fourth-order valence-corrected chi connectivity index (χ4v) is 3.34. The first-order valence-corrected chi connectivity index (χ1v) is 8.66. The van der Waals surface area contributed by atoms with Crippen LogP contribution >= 0.6 is 0 Å². The van der Waals surface area contributed by atoms with E-state index in [1.165, 1.54) is 4.52 Å². The van der Waals surface area contributed by atoms with E-state index >= 15 is 0 Å². The number of hydrogen-bond donors (Lipinski definition) is 2. The SMILES string of the molecule is Cc1c(N=Nc2ccccc2)nc2/c(=C3\C(=O)Nc4ccccc43)c(=O)[nH]n12. The quantitative estimate of drug-likeness (QED) is 0.530. The summed E-state index contributed by atoms with van der Waals surface area (Å²) in [5.41, 5.74) is 2.97. The number of azo groups is 1. The van der Waals surface area contributed by atoms with Gasteiger partial charge in [-0.05, 0) is 25.1 Å². The molecule has 0 bridgehead atoms. The Kier molecular flexibility index (Phi) is 3.45. The van der Waals surface area contributed by atoms with Gasteiger partial charge in [0.15, 0.2) is 11.5 Å². The number of amides is 1. The van der Waals surface area contributed by atoms with Gasteiger partial charge in [-0.3, -0.25) is 14.7 Å². The van der Waals surface area contributed by atoms with E-state index in [2.05, 4.69) is 25.6 Å². The summed E-state index contributed by atoms with van der Waals surface area (Å²) in [6.45, 7) is 1.78. The zero-order valence-corrected chi connectivity index (χ0v) is 14.8. The zero-order chi connectivity index (χ0) is 19.3. The monoisotopic (exact) mass is 370 g/mol. The molecule has 2 N–H and O–H groups in total. The molecule has 0 atom stereocenters. The average Bonchev–Trinajstić information content (AvgIpc) is 3.30. The molecule has 8 heteroatoms. The number of carbonyl (C=O) groups is 1. The first-order chi connectivity index (χ1) is 13.6. The number of aromatic nitrogens is 3. The number of para-hydroxylation sites is 1. The Morgan fingerprint density at radius 2 is 1.71 bits per heavy atom. The maximum atomic E-state index is 12.6. The number of fused-ring (bicyclic) bond motifs is 2. The Balaban J connectivity index is 1.74. The minimum absolute atomic E-state index is 0.228. The summed E-state index contributed by atoms with van der Waals surface area (Å²) in [6, 6.07) is 16.5. The van der Waals surface area contributed by atoms with Crippen LogP contribution in [0.4, 0.5) is 17.2 Å². The summed E-state index contributed by atoms with van der Waals surface area (Å²) in [6.07, 6.45) is 0. The van der Waals surface area contributed by atoms with Gasteiger partial charge < -0.3 is 5.32 Å². The van der Waals surface area contributed by atoms with E-state index in [1.807, 2.05) is 42.5 Å². The lowest BCUT2D eigenvalue weighted by atomic mass is 10.1. The van der Waals surface area contributed by atoms with Crippen molar-refractivity contribution in [3.05, 3.63) is 81.4 Å². The van der Waals surface area contributed by atoms with Crippen molar-refractivity contribution in [3.8, 4) is 0 Å². The van der Waals surface area contributed by atoms with Crippen molar-refractivity contribution in [1.82, 2.24) is 14.6 Å². The number of benzene rings is 2. The van der Waals surface area contributed by atoms with E-state index in [9.17, 15) is 9.59 Å². The van der Waals surface area contributed by atoms with Crippen molar-refractivity contribution in [2.24, 2.45) is 10.2 Å². The van der Waals surface area contributed by atoms with Crippen molar-refractivity contribution in [2.45, 2.75) is 6.92 Å². The van der Waals surface area contributed by atoms with Crippen molar-refractivity contribution < 1.29 is 4.79 Å². The van der Waals surface area contributed by atoms with Crippen LogP contribution in [0.25, 0.3) is 11.2 Å². The Bertz CT molecular complexity index is 1380. The molecule has 1 aliphatic rings. The molecule has 8 nitrogen and oxygen atoms in total. The predicted octanol–water partition coefficient (Wildman–Crippen LogP) is 2.62. The van der Waals surface area contributed by atoms with Crippen molar-refractivity contribution in [3.63, 3.8) is 0 Å². The molecule has 136 valence electrons. The van der Waals surface area contributed by atoms with Crippen LogP contribution in [0.5, 0.6) is 0 Å². The van der Waals surface area contributed by atoms with Gasteiger partial charge in [-0.25, -0.2) is 9.50 Å². The predicted molar refractivity (Wildman–Crippen MR) is 104 cm³/mol. The van der Waals surface area contributed by atoms with Crippen molar-refractivity contribution in [1.29, 1.82) is 0 Å². The summed E-state index contributed by atoms with van der Waals surface area (Å²) >= 11 is 0. The van der Waals surface area contributed by atoms with Gasteiger partial charge in [0, 0.05) is 11.3 Å². The van der Waals surface area contributed by atoms with Crippen LogP contribution in [0.15, 0.2) is 69.6 Å². The maximum Gasteiger partial charge on any atom is 0.274 e. The molecular weight excluding hydrogens is 356 g/mol. The molecule has 2 aromatic carbocycles. The van der Waals surface area contributed by atoms with Crippen molar-refractivity contribution >= 4 is 34.3 Å². The number of aryl methyl sites for hydroxylation is 1. The Labute approximate surface area is 158 Å². The van der Waals surface area contributed by atoms with Gasteiger partial charge in [-0.2, -0.15) is 0 Å². The third-order valence-corrected chi connectivity index (χ3v) is 4.68. The molecule has 0 radical (unpaired) electrons. The third-order valence-electron chi connectivity index (χ3n) is 4.68. The minimum atomic E-state index is -0.376. The second-order valence-electron chi connectivity index (χ2n) is 6.41. The molecule has 2 aromatic heterocycles. The molecule has 4 aromatic rings. The highest BCUT2D eigenvalue weighted by atomic mass is 16.2. The molecule has 0 aliphatic carbocycles. The standard InChI is InChI=1S/C20H14N6O2/c1-11-17(24-23-12-7-3-2-4-8-12)22-18-16(20(28)25-26(11)18)15-13-9-5-6-10-14(13)21-19(15)27/h2-10H,1H3,(H,21,27)(H,25,28)/b16-15+,24-23?. The Morgan fingerprint density at radius 1 is 0.964 bits per heavy atom. The molecule has 0 spiro atoms. The summed E-state index contributed by atoms with van der Waals surface area (Å²) < 4.78 is 1.54. The molecule has 3 heterocycles. The van der Waals surface area contributed by atoms with E-state index in [-0.39, 0.29) is 16.7 Å². The second kappa shape index (κ2) is 5.98. The number of aromatic amines is 1.